The highest BCUT2D eigenvalue weighted by Crippen LogP contribution is 2.32. The fourth-order valence-electron chi connectivity index (χ4n) is 2.78. The first kappa shape index (κ1) is 25.6. The van der Waals surface area contributed by atoms with E-state index in [-0.39, 0.29) is 28.8 Å². The first-order valence-corrected chi connectivity index (χ1v) is 10.5. The quantitative estimate of drug-likeness (QED) is 0.237. The number of nitriles is 1. The number of hydrogen-bond acceptors (Lipinski definition) is 6. The van der Waals surface area contributed by atoms with Crippen molar-refractivity contribution < 1.29 is 13.9 Å². The van der Waals surface area contributed by atoms with Gasteiger partial charge in [0, 0.05) is 17.8 Å². The summed E-state index contributed by atoms with van der Waals surface area (Å²) in [6.45, 7) is 5.83. The minimum Gasteiger partial charge on any atom is -0.461 e. The van der Waals surface area contributed by atoms with Crippen molar-refractivity contribution in [2.75, 3.05) is 20.2 Å². The summed E-state index contributed by atoms with van der Waals surface area (Å²) in [6, 6.07) is 5.82. The molecule has 0 saturated heterocycles. The summed E-state index contributed by atoms with van der Waals surface area (Å²) >= 11 is 13.1. The Hall–Kier alpha value is -2.70. The van der Waals surface area contributed by atoms with Crippen LogP contribution in [0.5, 0.6) is 0 Å². The van der Waals surface area contributed by atoms with Crippen LogP contribution in [0.15, 0.2) is 36.4 Å². The Bertz CT molecular complexity index is 1090. The van der Waals surface area contributed by atoms with Crippen LogP contribution in [0.25, 0.3) is 17.1 Å². The Kier molecular flexibility index (Phi) is 8.99. The molecule has 0 amide bonds. The van der Waals surface area contributed by atoms with Crippen LogP contribution in [0.3, 0.4) is 0 Å². The molecule has 2 aromatic rings. The molecule has 0 fully saturated rings. The van der Waals surface area contributed by atoms with Crippen LogP contribution >= 0.6 is 23.2 Å². The lowest BCUT2D eigenvalue weighted by molar-refractivity contribution is 0.0520. The highest BCUT2D eigenvalue weighted by molar-refractivity contribution is 6.33. The van der Waals surface area contributed by atoms with E-state index in [0.29, 0.717) is 17.8 Å². The molecule has 0 aliphatic rings. The first-order valence-electron chi connectivity index (χ1n) is 9.78. The molecule has 0 spiro atoms. The molecule has 7 nitrogen and oxygen atoms in total. The van der Waals surface area contributed by atoms with Crippen LogP contribution in [-0.4, -0.2) is 40.6 Å². The Morgan fingerprint density at radius 1 is 1.47 bits per heavy atom. The van der Waals surface area contributed by atoms with Crippen molar-refractivity contribution in [3.8, 4) is 17.5 Å². The molecular formula is C22H24Cl2FN5O2. The van der Waals surface area contributed by atoms with Gasteiger partial charge in [0.05, 0.1) is 17.0 Å². The Labute approximate surface area is 196 Å². The number of alkyl halides is 1. The van der Waals surface area contributed by atoms with Gasteiger partial charge in [-0.25, -0.2) is 14.2 Å². The molecular weight excluding hydrogens is 456 g/mol. The fraction of sp³-hybridized carbons (Fsp3) is 0.318. The number of hydrogen-bond donors (Lipinski definition) is 2. The Morgan fingerprint density at radius 3 is 2.75 bits per heavy atom. The normalized spacial score (nSPS) is 13.8. The maximum Gasteiger partial charge on any atom is 0.360 e. The number of carbonyl (C=O) groups excluding carboxylic acids is 1. The van der Waals surface area contributed by atoms with Crippen molar-refractivity contribution in [3.63, 3.8) is 0 Å². The molecule has 1 unspecified atom stereocenters. The minimum absolute atomic E-state index is 0.00518. The zero-order valence-corrected chi connectivity index (χ0v) is 19.7. The van der Waals surface area contributed by atoms with Gasteiger partial charge in [-0.2, -0.15) is 5.26 Å². The summed E-state index contributed by atoms with van der Waals surface area (Å²) in [6.07, 6.45) is 5.25. The minimum atomic E-state index is -0.741. The number of hydrazine groups is 1. The van der Waals surface area contributed by atoms with E-state index in [1.54, 1.807) is 45.2 Å². The standard InChI is InChI=1S/C22H24Cl2FN5O2/c1-5-16(9-10-22(3,24)13-28-27-4)30-19(23)18(21(31)32-6-2)29-20(30)14-7-8-15(12-26)17(25)11-14/h5,7-11,27-28H,6,13H2,1-4H3/b10-9-,16-5+. The van der Waals surface area contributed by atoms with Gasteiger partial charge in [-0.15, -0.1) is 11.6 Å². The van der Waals surface area contributed by atoms with Crippen molar-refractivity contribution in [3.05, 3.63) is 58.7 Å². The number of rotatable bonds is 9. The van der Waals surface area contributed by atoms with Crippen molar-refractivity contribution in [1.29, 1.82) is 5.26 Å². The van der Waals surface area contributed by atoms with Crippen molar-refractivity contribution in [2.45, 2.75) is 25.6 Å². The third-order valence-electron chi connectivity index (χ3n) is 4.40. The Balaban J connectivity index is 2.64. The lowest BCUT2D eigenvalue weighted by Gasteiger charge is -2.18. The van der Waals surface area contributed by atoms with E-state index in [1.807, 2.05) is 6.92 Å². The molecule has 0 aliphatic heterocycles. The van der Waals surface area contributed by atoms with E-state index in [1.165, 1.54) is 22.8 Å². The number of aromatic nitrogens is 2. The number of ether oxygens (including phenoxy) is 1. The highest BCUT2D eigenvalue weighted by Gasteiger charge is 2.25. The fourth-order valence-corrected chi connectivity index (χ4v) is 3.21. The van der Waals surface area contributed by atoms with E-state index in [2.05, 4.69) is 15.8 Å². The predicted molar refractivity (Wildman–Crippen MR) is 124 cm³/mol. The maximum absolute atomic E-state index is 14.3. The van der Waals surface area contributed by atoms with Crippen LogP contribution in [-0.2, 0) is 4.74 Å². The summed E-state index contributed by atoms with van der Waals surface area (Å²) in [4.78, 5) is 16.0. The van der Waals surface area contributed by atoms with Crippen molar-refractivity contribution in [2.24, 2.45) is 0 Å². The first-order chi connectivity index (χ1) is 15.2. The third kappa shape index (κ3) is 5.96. The highest BCUT2D eigenvalue weighted by atomic mass is 35.5. The molecule has 1 heterocycles. The van der Waals surface area contributed by atoms with Gasteiger partial charge in [-0.3, -0.25) is 15.4 Å². The summed E-state index contributed by atoms with van der Waals surface area (Å²) in [5.41, 5.74) is 6.42. The number of halogens is 3. The predicted octanol–water partition coefficient (Wildman–Crippen LogP) is 4.53. The van der Waals surface area contributed by atoms with Gasteiger partial charge in [-0.1, -0.05) is 23.8 Å². The van der Waals surface area contributed by atoms with E-state index in [9.17, 15) is 9.18 Å². The zero-order chi connectivity index (χ0) is 23.9. The van der Waals surface area contributed by atoms with Gasteiger partial charge >= 0.3 is 5.97 Å². The smallest absolute Gasteiger partial charge is 0.360 e. The third-order valence-corrected chi connectivity index (χ3v) is 5.01. The average molecular weight is 480 g/mol. The van der Waals surface area contributed by atoms with Crippen LogP contribution in [0.2, 0.25) is 5.15 Å². The van der Waals surface area contributed by atoms with E-state index < -0.39 is 16.7 Å². The SMILES string of the molecule is C/C=C(\C=C/C(C)(Cl)CNNC)n1c(-c2ccc(C#N)c(F)c2)nc(C(=O)OCC)c1Cl. The number of benzene rings is 1. The van der Waals surface area contributed by atoms with Gasteiger partial charge in [0.1, 0.15) is 22.9 Å². The van der Waals surface area contributed by atoms with Gasteiger partial charge in [0.25, 0.3) is 0 Å². The second kappa shape index (κ2) is 11.2. The largest absolute Gasteiger partial charge is 0.461 e. The Morgan fingerprint density at radius 2 is 2.19 bits per heavy atom. The lowest BCUT2D eigenvalue weighted by Crippen LogP contribution is -2.38. The van der Waals surface area contributed by atoms with Gasteiger partial charge in [-0.05, 0) is 52.1 Å². The average Bonchev–Trinajstić information content (AvgIpc) is 3.10. The number of carbonyl (C=O) groups is 1. The van der Waals surface area contributed by atoms with Crippen LogP contribution in [0, 0.1) is 17.1 Å². The molecule has 0 radical (unpaired) electrons. The number of nitrogens with one attached hydrogen (secondary N) is 2. The molecule has 1 aromatic carbocycles. The topological polar surface area (TPSA) is 92.0 Å². The summed E-state index contributed by atoms with van der Waals surface area (Å²) in [7, 11) is 1.74. The number of allylic oxidation sites excluding steroid dienone is 3. The summed E-state index contributed by atoms with van der Waals surface area (Å²) < 4.78 is 20.9. The molecule has 32 heavy (non-hydrogen) atoms. The molecule has 1 aromatic heterocycles. The van der Waals surface area contributed by atoms with Crippen molar-refractivity contribution in [1.82, 2.24) is 20.4 Å². The zero-order valence-electron chi connectivity index (χ0n) is 18.2. The van der Waals surface area contributed by atoms with Crippen molar-refractivity contribution >= 4 is 34.9 Å². The van der Waals surface area contributed by atoms with Gasteiger partial charge in [0.2, 0.25) is 0 Å². The van der Waals surface area contributed by atoms with Crippen LogP contribution in [0.1, 0.15) is 36.8 Å². The molecule has 0 saturated carbocycles. The molecule has 10 heteroatoms. The maximum atomic E-state index is 14.3. The van der Waals surface area contributed by atoms with Crippen LogP contribution < -0.4 is 10.9 Å². The molecule has 170 valence electrons. The van der Waals surface area contributed by atoms with E-state index in [4.69, 9.17) is 33.2 Å². The number of nitrogens with zero attached hydrogens (tertiary/aromatic N) is 3. The molecule has 2 N–H and O–H groups in total. The van der Waals surface area contributed by atoms with Gasteiger partial charge in [0.15, 0.2) is 5.69 Å². The van der Waals surface area contributed by atoms with E-state index >= 15 is 0 Å². The second-order valence-corrected chi connectivity index (χ2v) is 8.09. The summed E-state index contributed by atoms with van der Waals surface area (Å²) in [5.74, 6) is -1.20. The van der Waals surface area contributed by atoms with Crippen LogP contribution in [0.4, 0.5) is 4.39 Å². The lowest BCUT2D eigenvalue weighted by atomic mass is 10.1. The molecule has 2 rings (SSSR count). The summed E-state index contributed by atoms with van der Waals surface area (Å²) in [5, 5.41) is 9.02. The monoisotopic (exact) mass is 479 g/mol. The number of esters is 1. The van der Waals surface area contributed by atoms with E-state index in [0.717, 1.165) is 0 Å². The molecule has 0 aliphatic carbocycles. The molecule has 1 atom stereocenters. The van der Waals surface area contributed by atoms with Gasteiger partial charge < -0.3 is 4.74 Å². The molecule has 0 bridgehead atoms. The number of imidazole rings is 1. The second-order valence-electron chi connectivity index (χ2n) is 6.87.